The molecule has 3 rings (SSSR count). The van der Waals surface area contributed by atoms with Crippen LogP contribution in [-0.2, 0) is 33.6 Å². The van der Waals surface area contributed by atoms with Crippen molar-refractivity contribution in [2.45, 2.75) is 70.5 Å². The highest BCUT2D eigenvalue weighted by Crippen LogP contribution is 2.23. The highest BCUT2D eigenvalue weighted by Gasteiger charge is 2.32. The van der Waals surface area contributed by atoms with Crippen molar-refractivity contribution in [3.63, 3.8) is 0 Å². The third-order valence-electron chi connectivity index (χ3n) is 7.10. The van der Waals surface area contributed by atoms with Crippen LogP contribution in [0, 0.1) is 5.92 Å². The fraction of sp³-hybridized carbons (Fsp3) is 0.382. The molecule has 0 aliphatic heterocycles. The molecule has 0 fully saturated rings. The molecule has 8 nitrogen and oxygen atoms in total. The molecule has 0 heterocycles. The van der Waals surface area contributed by atoms with Crippen LogP contribution in [0.5, 0.6) is 5.75 Å². The highest BCUT2D eigenvalue weighted by atomic mass is 19.4. The van der Waals surface area contributed by atoms with Gasteiger partial charge in [0.25, 0.3) is 0 Å². The fourth-order valence-corrected chi connectivity index (χ4v) is 4.78. The van der Waals surface area contributed by atoms with E-state index in [2.05, 4.69) is 20.7 Å². The number of aliphatic hydroxyl groups is 1. The summed E-state index contributed by atoms with van der Waals surface area (Å²) in [7, 11) is 0. The van der Waals surface area contributed by atoms with Crippen molar-refractivity contribution >= 4 is 17.7 Å². The summed E-state index contributed by atoms with van der Waals surface area (Å²) >= 11 is 0. The van der Waals surface area contributed by atoms with E-state index in [1.165, 1.54) is 12.1 Å². The molecular formula is C34H40F3N3O5. The Labute approximate surface area is 261 Å². The summed E-state index contributed by atoms with van der Waals surface area (Å²) in [5.41, 5.74) is 2.23. The fourth-order valence-electron chi connectivity index (χ4n) is 4.78. The molecule has 3 unspecified atom stereocenters. The average molecular weight is 628 g/mol. The Balaban J connectivity index is 1.60. The van der Waals surface area contributed by atoms with Crippen LogP contribution in [0.2, 0.25) is 0 Å². The van der Waals surface area contributed by atoms with Gasteiger partial charge in [-0.1, -0.05) is 86.6 Å². The monoisotopic (exact) mass is 627 g/mol. The molecule has 0 aliphatic carbocycles. The van der Waals surface area contributed by atoms with Gasteiger partial charge in [0.05, 0.1) is 18.6 Å². The molecular weight excluding hydrogens is 587 g/mol. The molecule has 0 saturated heterocycles. The molecule has 0 spiro atoms. The number of rotatable bonds is 16. The van der Waals surface area contributed by atoms with Crippen molar-refractivity contribution in [1.29, 1.82) is 0 Å². The minimum absolute atomic E-state index is 0.0541. The maximum atomic E-state index is 13.4. The molecule has 0 saturated carbocycles. The van der Waals surface area contributed by atoms with Crippen molar-refractivity contribution in [2.75, 3.05) is 6.54 Å². The number of aliphatic hydroxyl groups excluding tert-OH is 1. The van der Waals surface area contributed by atoms with Gasteiger partial charge in [-0.15, -0.1) is 13.2 Å². The highest BCUT2D eigenvalue weighted by molar-refractivity contribution is 5.88. The van der Waals surface area contributed by atoms with Gasteiger partial charge in [-0.05, 0) is 54.0 Å². The predicted molar refractivity (Wildman–Crippen MR) is 164 cm³/mol. The first kappa shape index (κ1) is 35.1. The van der Waals surface area contributed by atoms with Gasteiger partial charge in [-0.2, -0.15) is 0 Å². The first-order valence-corrected chi connectivity index (χ1v) is 14.9. The van der Waals surface area contributed by atoms with E-state index < -0.39 is 42.1 Å². The number of hydrogen-bond acceptors (Lipinski definition) is 5. The lowest BCUT2D eigenvalue weighted by Gasteiger charge is -2.28. The minimum atomic E-state index is -4.87. The Morgan fingerprint density at radius 2 is 1.44 bits per heavy atom. The molecule has 3 atom stereocenters. The predicted octanol–water partition coefficient (Wildman–Crippen LogP) is 4.50. The van der Waals surface area contributed by atoms with E-state index in [1.807, 2.05) is 60.7 Å². The van der Waals surface area contributed by atoms with Crippen molar-refractivity contribution in [1.82, 2.24) is 16.0 Å². The van der Waals surface area contributed by atoms with Gasteiger partial charge in [-0.25, -0.2) is 0 Å². The van der Waals surface area contributed by atoms with E-state index in [1.54, 1.807) is 13.8 Å². The summed E-state index contributed by atoms with van der Waals surface area (Å²) < 4.78 is 41.7. The number of carbonyl (C=O) groups is 3. The summed E-state index contributed by atoms with van der Waals surface area (Å²) in [6, 6.07) is 22.3. The summed E-state index contributed by atoms with van der Waals surface area (Å²) in [4.78, 5) is 38.8. The second-order valence-electron chi connectivity index (χ2n) is 11.2. The second kappa shape index (κ2) is 17.2. The maximum Gasteiger partial charge on any atom is 0.573 e. The Hall–Kier alpha value is -4.38. The van der Waals surface area contributed by atoms with Gasteiger partial charge >= 0.3 is 6.36 Å². The summed E-state index contributed by atoms with van der Waals surface area (Å²) in [6.45, 7) is 3.94. The zero-order chi connectivity index (χ0) is 32.8. The van der Waals surface area contributed by atoms with Crippen molar-refractivity contribution in [2.24, 2.45) is 5.92 Å². The number of alkyl halides is 3. The van der Waals surface area contributed by atoms with E-state index in [0.717, 1.165) is 23.3 Å². The van der Waals surface area contributed by atoms with Crippen molar-refractivity contribution in [3.05, 3.63) is 102 Å². The number of hydrogen-bond donors (Lipinski definition) is 4. The van der Waals surface area contributed by atoms with Gasteiger partial charge < -0.3 is 25.8 Å². The van der Waals surface area contributed by atoms with Crippen LogP contribution in [0.1, 0.15) is 43.4 Å². The normalized spacial score (nSPS) is 13.4. The number of ether oxygens (including phenoxy) is 1. The van der Waals surface area contributed by atoms with Crippen LogP contribution >= 0.6 is 0 Å². The summed E-state index contributed by atoms with van der Waals surface area (Å²) in [6.07, 6.45) is -5.09. The summed E-state index contributed by atoms with van der Waals surface area (Å²) in [5.74, 6) is -2.11. The van der Waals surface area contributed by atoms with Crippen molar-refractivity contribution in [3.8, 4) is 5.75 Å². The lowest BCUT2D eigenvalue weighted by molar-refractivity contribution is -0.274. The SMILES string of the molecule is CC(C)C(NC(=O)Cc1cccc(OC(F)(F)F)c1)C(=O)NC(Cc1ccccc1)C(O)CCC(=O)NCCc1ccccc1. The van der Waals surface area contributed by atoms with Crippen LogP contribution in [0.15, 0.2) is 84.9 Å². The molecule has 3 aromatic rings. The van der Waals surface area contributed by atoms with Crippen LogP contribution < -0.4 is 20.7 Å². The average Bonchev–Trinajstić information content (AvgIpc) is 2.98. The Kier molecular flexibility index (Phi) is 13.4. The number of benzene rings is 3. The molecule has 4 N–H and O–H groups in total. The molecule has 242 valence electrons. The van der Waals surface area contributed by atoms with Crippen LogP contribution in [0.3, 0.4) is 0 Å². The van der Waals surface area contributed by atoms with Gasteiger partial charge in [-0.3, -0.25) is 14.4 Å². The molecule has 3 amide bonds. The van der Waals surface area contributed by atoms with Crippen LogP contribution in [-0.4, -0.2) is 53.9 Å². The third-order valence-corrected chi connectivity index (χ3v) is 7.10. The number of halogens is 3. The van der Waals surface area contributed by atoms with Crippen LogP contribution in [0.25, 0.3) is 0 Å². The molecule has 11 heteroatoms. The molecule has 45 heavy (non-hydrogen) atoms. The number of amides is 3. The van der Waals surface area contributed by atoms with E-state index in [0.29, 0.717) is 13.0 Å². The first-order chi connectivity index (χ1) is 21.4. The molecule has 0 radical (unpaired) electrons. The van der Waals surface area contributed by atoms with E-state index in [9.17, 15) is 32.7 Å². The molecule has 3 aromatic carbocycles. The van der Waals surface area contributed by atoms with Gasteiger partial charge in [0, 0.05) is 13.0 Å². The third kappa shape index (κ3) is 13.0. The minimum Gasteiger partial charge on any atom is -0.406 e. The Morgan fingerprint density at radius 1 is 0.822 bits per heavy atom. The lowest BCUT2D eigenvalue weighted by atomic mass is 9.96. The number of nitrogens with one attached hydrogen (secondary N) is 3. The Morgan fingerprint density at radius 3 is 2.07 bits per heavy atom. The topological polar surface area (TPSA) is 117 Å². The van der Waals surface area contributed by atoms with Gasteiger partial charge in [0.15, 0.2) is 0 Å². The lowest BCUT2D eigenvalue weighted by Crippen LogP contribution is -2.55. The standard InChI is InChI=1S/C34H40F3N3O5/c1-23(2)32(40-31(43)22-26-14-9-15-27(20-26)45-34(35,36)37)33(44)39-28(21-25-12-7-4-8-13-25)29(41)16-17-30(42)38-19-18-24-10-5-3-6-11-24/h3-15,20,23,28-29,32,41H,16-19,21-22H2,1-2H3,(H,38,42)(H,39,44)(H,40,43). The zero-order valence-corrected chi connectivity index (χ0v) is 25.3. The molecule has 0 aromatic heterocycles. The number of carbonyl (C=O) groups excluding carboxylic acids is 3. The molecule has 0 bridgehead atoms. The van der Waals surface area contributed by atoms with Gasteiger partial charge in [0.2, 0.25) is 17.7 Å². The zero-order valence-electron chi connectivity index (χ0n) is 25.3. The van der Waals surface area contributed by atoms with Crippen LogP contribution in [0.4, 0.5) is 13.2 Å². The Bertz CT molecular complexity index is 1370. The quantitative estimate of drug-likeness (QED) is 0.187. The van der Waals surface area contributed by atoms with E-state index >= 15 is 0 Å². The maximum absolute atomic E-state index is 13.4. The largest absolute Gasteiger partial charge is 0.573 e. The van der Waals surface area contributed by atoms with Gasteiger partial charge in [0.1, 0.15) is 11.8 Å². The smallest absolute Gasteiger partial charge is 0.406 e. The second-order valence-corrected chi connectivity index (χ2v) is 11.2. The molecule has 0 aliphatic rings. The van der Waals surface area contributed by atoms with Crippen molar-refractivity contribution < 1.29 is 37.4 Å². The summed E-state index contributed by atoms with van der Waals surface area (Å²) in [5, 5.41) is 19.5. The van der Waals surface area contributed by atoms with E-state index in [-0.39, 0.29) is 43.1 Å². The first-order valence-electron chi connectivity index (χ1n) is 14.9. The van der Waals surface area contributed by atoms with E-state index in [4.69, 9.17) is 0 Å².